The summed E-state index contributed by atoms with van der Waals surface area (Å²) in [6.45, 7) is 7.93. The molecule has 0 unspecified atom stereocenters. The van der Waals surface area contributed by atoms with Crippen LogP contribution in [0.4, 0.5) is 0 Å². The number of aromatic nitrogens is 2. The molecule has 0 amide bonds. The molecule has 3 rings (SSSR count). The van der Waals surface area contributed by atoms with E-state index in [1.54, 1.807) is 51.5 Å². The van der Waals surface area contributed by atoms with Crippen molar-refractivity contribution in [2.45, 2.75) is 43.0 Å². The van der Waals surface area contributed by atoms with Crippen molar-refractivity contribution < 1.29 is 17.9 Å². The number of hydrogen-bond donors (Lipinski definition) is 1. The van der Waals surface area contributed by atoms with Gasteiger partial charge in [0, 0.05) is 0 Å². The van der Waals surface area contributed by atoms with E-state index in [1.807, 2.05) is 12.1 Å². The van der Waals surface area contributed by atoms with Crippen LogP contribution in [0.1, 0.15) is 32.0 Å². The number of H-pyrrole nitrogens is 1. The van der Waals surface area contributed by atoms with Gasteiger partial charge in [-0.3, -0.25) is 0 Å². The Hall–Kier alpha value is -2.80. The van der Waals surface area contributed by atoms with E-state index in [4.69, 9.17) is 9.47 Å². The summed E-state index contributed by atoms with van der Waals surface area (Å²) >= 11 is 0. The predicted molar refractivity (Wildman–Crippen MR) is 112 cm³/mol. The summed E-state index contributed by atoms with van der Waals surface area (Å²) in [5.74, 6) is 1.60. The van der Waals surface area contributed by atoms with Crippen LogP contribution in [0.3, 0.4) is 0 Å². The molecule has 0 fully saturated rings. The number of aryl methyl sites for hydroxylation is 1. The van der Waals surface area contributed by atoms with E-state index >= 15 is 0 Å². The van der Waals surface area contributed by atoms with Crippen molar-refractivity contribution >= 4 is 9.84 Å². The van der Waals surface area contributed by atoms with Gasteiger partial charge in [0.05, 0.1) is 30.4 Å². The highest BCUT2D eigenvalue weighted by molar-refractivity contribution is 7.91. The van der Waals surface area contributed by atoms with Crippen LogP contribution in [-0.4, -0.2) is 32.6 Å². The Morgan fingerprint density at radius 2 is 1.62 bits per heavy atom. The molecule has 0 aliphatic rings. The molecule has 0 bridgehead atoms. The maximum absolute atomic E-state index is 13.2. The number of methoxy groups -OCH3 is 2. The first-order valence-electron chi connectivity index (χ1n) is 9.22. The molecule has 0 radical (unpaired) electrons. The first-order valence-corrected chi connectivity index (χ1v) is 10.7. The van der Waals surface area contributed by atoms with Crippen LogP contribution in [0.15, 0.2) is 52.4 Å². The average Bonchev–Trinajstić information content (AvgIpc) is 3.09. The van der Waals surface area contributed by atoms with Crippen molar-refractivity contribution in [1.29, 1.82) is 0 Å². The normalized spacial score (nSPS) is 12.1. The van der Waals surface area contributed by atoms with Crippen LogP contribution >= 0.6 is 0 Å². The third kappa shape index (κ3) is 4.00. The van der Waals surface area contributed by atoms with Crippen LogP contribution in [0.2, 0.25) is 0 Å². The van der Waals surface area contributed by atoms with Gasteiger partial charge in [-0.25, -0.2) is 13.4 Å². The van der Waals surface area contributed by atoms with Crippen LogP contribution in [-0.2, 0) is 15.3 Å². The molecule has 0 spiro atoms. The number of imidazole rings is 1. The Bertz CT molecular complexity index is 1120. The van der Waals surface area contributed by atoms with Gasteiger partial charge in [0.15, 0.2) is 5.03 Å². The lowest BCUT2D eigenvalue weighted by atomic mass is 9.87. The average molecular weight is 415 g/mol. The second-order valence-electron chi connectivity index (χ2n) is 7.84. The van der Waals surface area contributed by atoms with Crippen molar-refractivity contribution in [3.63, 3.8) is 0 Å². The SMILES string of the molecule is COc1ccc(OC)c(-c2nc(C)c(S(=O)(=O)c3ccc(C(C)(C)C)cc3)[nH]2)c1. The fraction of sp³-hybridized carbons (Fsp3) is 0.318. The molecule has 0 saturated carbocycles. The molecule has 0 saturated heterocycles. The summed E-state index contributed by atoms with van der Waals surface area (Å²) < 4.78 is 37.1. The molecule has 6 nitrogen and oxygen atoms in total. The van der Waals surface area contributed by atoms with Crippen LogP contribution < -0.4 is 9.47 Å². The molecular weight excluding hydrogens is 388 g/mol. The molecular formula is C22H26N2O4S. The lowest BCUT2D eigenvalue weighted by Gasteiger charge is -2.19. The van der Waals surface area contributed by atoms with Crippen LogP contribution in [0.5, 0.6) is 11.5 Å². The van der Waals surface area contributed by atoms with Gasteiger partial charge in [-0.1, -0.05) is 32.9 Å². The zero-order valence-electron chi connectivity index (χ0n) is 17.5. The minimum atomic E-state index is -3.74. The number of nitrogens with one attached hydrogen (secondary N) is 1. The molecule has 29 heavy (non-hydrogen) atoms. The first kappa shape index (κ1) is 20.9. The number of sulfone groups is 1. The van der Waals surface area contributed by atoms with Gasteiger partial charge in [0.25, 0.3) is 0 Å². The highest BCUT2D eigenvalue weighted by Crippen LogP contribution is 2.34. The van der Waals surface area contributed by atoms with Gasteiger partial charge < -0.3 is 14.5 Å². The van der Waals surface area contributed by atoms with Gasteiger partial charge in [-0.05, 0) is 48.2 Å². The van der Waals surface area contributed by atoms with Crippen molar-refractivity contribution in [3.8, 4) is 22.9 Å². The lowest BCUT2D eigenvalue weighted by molar-refractivity contribution is 0.404. The molecule has 1 N–H and O–H groups in total. The lowest BCUT2D eigenvalue weighted by Crippen LogP contribution is -2.11. The monoisotopic (exact) mass is 414 g/mol. The van der Waals surface area contributed by atoms with E-state index < -0.39 is 9.84 Å². The van der Waals surface area contributed by atoms with Crippen molar-refractivity contribution in [3.05, 3.63) is 53.7 Å². The summed E-state index contributed by atoms with van der Waals surface area (Å²) in [5.41, 5.74) is 2.03. The number of nitrogens with zero attached hydrogens (tertiary/aromatic N) is 1. The molecule has 0 aliphatic heterocycles. The summed E-state index contributed by atoms with van der Waals surface area (Å²) in [6, 6.07) is 12.3. The summed E-state index contributed by atoms with van der Waals surface area (Å²) in [5, 5.41) is 0.0703. The van der Waals surface area contributed by atoms with Crippen LogP contribution in [0.25, 0.3) is 11.4 Å². The van der Waals surface area contributed by atoms with Crippen molar-refractivity contribution in [1.82, 2.24) is 9.97 Å². The molecule has 0 atom stereocenters. The molecule has 154 valence electrons. The second-order valence-corrected chi connectivity index (χ2v) is 9.73. The summed E-state index contributed by atoms with van der Waals surface area (Å²) in [6.07, 6.45) is 0. The molecule has 1 aromatic heterocycles. The smallest absolute Gasteiger partial charge is 0.223 e. The Balaban J connectivity index is 2.06. The predicted octanol–water partition coefficient (Wildman–Crippen LogP) is 4.53. The fourth-order valence-electron chi connectivity index (χ4n) is 3.08. The minimum absolute atomic E-state index is 0.0533. The molecule has 0 aliphatic carbocycles. The van der Waals surface area contributed by atoms with Crippen molar-refractivity contribution in [2.75, 3.05) is 14.2 Å². The number of rotatable bonds is 5. The maximum Gasteiger partial charge on any atom is 0.223 e. The van der Waals surface area contributed by atoms with E-state index in [9.17, 15) is 8.42 Å². The summed E-state index contributed by atoms with van der Waals surface area (Å²) in [7, 11) is -0.628. The minimum Gasteiger partial charge on any atom is -0.497 e. The van der Waals surface area contributed by atoms with Gasteiger partial charge >= 0.3 is 0 Å². The van der Waals surface area contributed by atoms with Gasteiger partial charge in [-0.15, -0.1) is 0 Å². The number of ether oxygens (including phenoxy) is 2. The second kappa shape index (κ2) is 7.55. The van der Waals surface area contributed by atoms with Gasteiger partial charge in [-0.2, -0.15) is 0 Å². The quantitative estimate of drug-likeness (QED) is 0.663. The Kier molecular flexibility index (Phi) is 5.45. The van der Waals surface area contributed by atoms with E-state index in [2.05, 4.69) is 30.7 Å². The molecule has 3 aromatic rings. The molecule has 2 aromatic carbocycles. The standard InChI is InChI=1S/C22H26N2O4S/c1-14-21(29(25,26)17-10-7-15(8-11-17)22(2,3)4)24-20(23-14)18-13-16(27-5)9-12-19(18)28-6/h7-13H,1-6H3,(H,23,24). The third-order valence-electron chi connectivity index (χ3n) is 4.80. The van der Waals surface area contributed by atoms with Crippen LogP contribution in [0, 0.1) is 6.92 Å². The zero-order valence-corrected chi connectivity index (χ0v) is 18.3. The Morgan fingerprint density at radius 3 is 2.17 bits per heavy atom. The number of hydrogen-bond acceptors (Lipinski definition) is 5. The van der Waals surface area contributed by atoms with Crippen molar-refractivity contribution in [2.24, 2.45) is 0 Å². The number of benzene rings is 2. The zero-order chi connectivity index (χ0) is 21.4. The van der Waals surface area contributed by atoms with E-state index in [1.165, 1.54) is 0 Å². The highest BCUT2D eigenvalue weighted by Gasteiger charge is 2.25. The first-order chi connectivity index (χ1) is 13.6. The third-order valence-corrected chi connectivity index (χ3v) is 6.63. The highest BCUT2D eigenvalue weighted by atomic mass is 32.2. The van der Waals surface area contributed by atoms with E-state index in [0.29, 0.717) is 28.6 Å². The largest absolute Gasteiger partial charge is 0.497 e. The van der Waals surface area contributed by atoms with E-state index in [0.717, 1.165) is 5.56 Å². The van der Waals surface area contributed by atoms with E-state index in [-0.39, 0.29) is 15.3 Å². The summed E-state index contributed by atoms with van der Waals surface area (Å²) in [4.78, 5) is 7.64. The van der Waals surface area contributed by atoms with Gasteiger partial charge in [0.1, 0.15) is 17.3 Å². The fourth-order valence-corrected chi connectivity index (χ4v) is 4.48. The Morgan fingerprint density at radius 1 is 0.966 bits per heavy atom. The molecule has 7 heteroatoms. The number of aromatic amines is 1. The topological polar surface area (TPSA) is 81.3 Å². The maximum atomic E-state index is 13.2. The Labute approximate surface area is 171 Å². The van der Waals surface area contributed by atoms with Gasteiger partial charge in [0.2, 0.25) is 9.84 Å². The molecule has 1 heterocycles.